The molecule has 1 unspecified atom stereocenters. The molecule has 1 atom stereocenters. The zero-order valence-corrected chi connectivity index (χ0v) is 12.4. The van der Waals surface area contributed by atoms with Crippen LogP contribution in [0, 0.1) is 0 Å². The summed E-state index contributed by atoms with van der Waals surface area (Å²) in [4.78, 5) is 0.0157. The van der Waals surface area contributed by atoms with Gasteiger partial charge in [-0.15, -0.1) is 11.8 Å². The number of hydrogen-bond acceptors (Lipinski definition) is 3. The van der Waals surface area contributed by atoms with Crippen LogP contribution >= 0.6 is 11.8 Å². The van der Waals surface area contributed by atoms with E-state index in [0.717, 1.165) is 17.9 Å². The number of thioether (sulfide) groups is 1. The molecule has 2 aliphatic heterocycles. The molecule has 0 radical (unpaired) electrons. The van der Waals surface area contributed by atoms with Gasteiger partial charge in [0, 0.05) is 23.3 Å². The smallest absolute Gasteiger partial charge is 0.126 e. The Balaban J connectivity index is 2.10. The summed E-state index contributed by atoms with van der Waals surface area (Å²) >= 11 is 2.03. The molecule has 1 N–H and O–H groups in total. The number of para-hydroxylation sites is 1. The van der Waals surface area contributed by atoms with Gasteiger partial charge in [-0.2, -0.15) is 0 Å². The molecule has 1 aromatic rings. The van der Waals surface area contributed by atoms with Gasteiger partial charge < -0.3 is 4.74 Å². The summed E-state index contributed by atoms with van der Waals surface area (Å²) in [5, 5.41) is 3.84. The van der Waals surface area contributed by atoms with Crippen molar-refractivity contribution < 1.29 is 4.74 Å². The van der Waals surface area contributed by atoms with Crippen molar-refractivity contribution in [3.8, 4) is 5.75 Å². The molecule has 1 fully saturated rings. The van der Waals surface area contributed by atoms with Crippen LogP contribution in [0.1, 0.15) is 39.7 Å². The minimum absolute atomic E-state index is 0.0157. The second-order valence-electron chi connectivity index (χ2n) is 6.66. The summed E-state index contributed by atoms with van der Waals surface area (Å²) in [6.45, 7) is 8.91. The lowest BCUT2D eigenvalue weighted by Gasteiger charge is -2.44. The molecule has 0 aliphatic carbocycles. The fourth-order valence-electron chi connectivity index (χ4n) is 3.08. The van der Waals surface area contributed by atoms with Gasteiger partial charge in [-0.05, 0) is 33.8 Å². The van der Waals surface area contributed by atoms with E-state index in [1.165, 1.54) is 5.56 Å². The van der Waals surface area contributed by atoms with Gasteiger partial charge in [0.25, 0.3) is 0 Å². The highest BCUT2D eigenvalue weighted by Crippen LogP contribution is 2.54. The summed E-state index contributed by atoms with van der Waals surface area (Å²) in [6, 6.07) is 8.45. The predicted octanol–water partition coefficient (Wildman–Crippen LogP) is 3.52. The molecule has 0 amide bonds. The van der Waals surface area contributed by atoms with Crippen LogP contribution < -0.4 is 10.1 Å². The van der Waals surface area contributed by atoms with Crippen molar-refractivity contribution in [2.24, 2.45) is 0 Å². The zero-order valence-electron chi connectivity index (χ0n) is 11.5. The summed E-state index contributed by atoms with van der Waals surface area (Å²) < 4.78 is 6.12. The Morgan fingerprint density at radius 1 is 1.17 bits per heavy atom. The summed E-state index contributed by atoms with van der Waals surface area (Å²) in [6.07, 6.45) is 1.01. The van der Waals surface area contributed by atoms with Gasteiger partial charge in [0.15, 0.2) is 0 Å². The van der Waals surface area contributed by atoms with Gasteiger partial charge in [-0.1, -0.05) is 18.2 Å². The summed E-state index contributed by atoms with van der Waals surface area (Å²) in [5.41, 5.74) is 1.37. The van der Waals surface area contributed by atoms with Gasteiger partial charge in [-0.3, -0.25) is 5.32 Å². The lowest BCUT2D eigenvalue weighted by atomic mass is 9.87. The second kappa shape index (κ2) is 3.67. The highest BCUT2D eigenvalue weighted by atomic mass is 32.2. The monoisotopic (exact) mass is 263 g/mol. The SMILES string of the molecule is CC1(C)CSC2(CC(C)(C)Oc3ccccc32)N1. The lowest BCUT2D eigenvalue weighted by molar-refractivity contribution is 0.0553. The third-order valence-electron chi connectivity index (χ3n) is 3.60. The molecular formula is C15H21NOS. The fraction of sp³-hybridized carbons (Fsp3) is 0.600. The first kappa shape index (κ1) is 12.4. The van der Waals surface area contributed by atoms with Crippen LogP contribution in [0.3, 0.4) is 0 Å². The Bertz CT molecular complexity index is 483. The largest absolute Gasteiger partial charge is 0.487 e. The van der Waals surface area contributed by atoms with E-state index in [4.69, 9.17) is 4.74 Å². The first-order valence-corrected chi connectivity index (χ1v) is 7.52. The molecule has 2 nitrogen and oxygen atoms in total. The van der Waals surface area contributed by atoms with E-state index in [9.17, 15) is 0 Å². The van der Waals surface area contributed by atoms with E-state index in [2.05, 4.69) is 57.3 Å². The zero-order chi connectivity index (χ0) is 13.0. The number of ether oxygens (including phenoxy) is 1. The molecule has 1 spiro atoms. The van der Waals surface area contributed by atoms with E-state index in [1.807, 2.05) is 11.8 Å². The Morgan fingerprint density at radius 3 is 2.56 bits per heavy atom. The maximum absolute atomic E-state index is 6.12. The van der Waals surface area contributed by atoms with Crippen molar-refractivity contribution in [2.45, 2.75) is 50.1 Å². The molecule has 18 heavy (non-hydrogen) atoms. The first-order valence-electron chi connectivity index (χ1n) is 6.54. The topological polar surface area (TPSA) is 21.3 Å². The molecular weight excluding hydrogens is 242 g/mol. The lowest BCUT2D eigenvalue weighted by Crippen LogP contribution is -2.52. The van der Waals surface area contributed by atoms with E-state index in [1.54, 1.807) is 0 Å². The molecule has 0 saturated carbocycles. The predicted molar refractivity (Wildman–Crippen MR) is 77.1 cm³/mol. The number of nitrogens with one attached hydrogen (secondary N) is 1. The van der Waals surface area contributed by atoms with Crippen molar-refractivity contribution in [1.82, 2.24) is 5.32 Å². The number of fused-ring (bicyclic) bond motifs is 2. The highest BCUT2D eigenvalue weighted by molar-refractivity contribution is 8.00. The van der Waals surface area contributed by atoms with Crippen LogP contribution in [0.25, 0.3) is 0 Å². The molecule has 1 saturated heterocycles. The number of hydrogen-bond donors (Lipinski definition) is 1. The third-order valence-corrected chi connectivity index (χ3v) is 5.43. The number of benzene rings is 1. The van der Waals surface area contributed by atoms with Gasteiger partial charge >= 0.3 is 0 Å². The second-order valence-corrected chi connectivity index (χ2v) is 7.93. The molecule has 3 rings (SSSR count). The quantitative estimate of drug-likeness (QED) is 0.774. The van der Waals surface area contributed by atoms with Crippen LogP contribution in [0.15, 0.2) is 24.3 Å². The molecule has 2 heterocycles. The maximum Gasteiger partial charge on any atom is 0.126 e. The van der Waals surface area contributed by atoms with Crippen molar-refractivity contribution >= 4 is 11.8 Å². The van der Waals surface area contributed by atoms with Crippen LogP contribution in [0.4, 0.5) is 0 Å². The Morgan fingerprint density at radius 2 is 1.89 bits per heavy atom. The molecule has 98 valence electrons. The van der Waals surface area contributed by atoms with Crippen molar-refractivity contribution in [1.29, 1.82) is 0 Å². The Labute approximate surface area is 113 Å². The van der Waals surface area contributed by atoms with Crippen LogP contribution in [0.2, 0.25) is 0 Å². The van der Waals surface area contributed by atoms with Crippen LogP contribution in [0.5, 0.6) is 5.75 Å². The molecule has 0 aromatic heterocycles. The minimum atomic E-state index is -0.116. The fourth-order valence-corrected chi connectivity index (χ4v) is 4.88. The van der Waals surface area contributed by atoms with Crippen molar-refractivity contribution in [2.75, 3.05) is 5.75 Å². The molecule has 0 bridgehead atoms. The van der Waals surface area contributed by atoms with E-state index < -0.39 is 0 Å². The van der Waals surface area contributed by atoms with Crippen LogP contribution in [-0.4, -0.2) is 16.9 Å². The van der Waals surface area contributed by atoms with Crippen molar-refractivity contribution in [3.05, 3.63) is 29.8 Å². The Kier molecular flexibility index (Phi) is 2.52. The maximum atomic E-state index is 6.12. The van der Waals surface area contributed by atoms with E-state index in [0.29, 0.717) is 0 Å². The molecule has 2 aliphatic rings. The van der Waals surface area contributed by atoms with E-state index >= 15 is 0 Å². The normalized spacial score (nSPS) is 32.0. The Hall–Kier alpha value is -0.670. The standard InChI is InChI=1S/C15H21NOS/c1-13(2)10-18-15(16-13)9-14(3,4)17-12-8-6-5-7-11(12)15/h5-8,16H,9-10H2,1-4H3. The highest BCUT2D eigenvalue weighted by Gasteiger charge is 2.51. The third kappa shape index (κ3) is 1.94. The average Bonchev–Trinajstić information content (AvgIpc) is 2.53. The van der Waals surface area contributed by atoms with Gasteiger partial charge in [0.1, 0.15) is 11.4 Å². The van der Waals surface area contributed by atoms with Gasteiger partial charge in [0.2, 0.25) is 0 Å². The molecule has 1 aromatic carbocycles. The minimum Gasteiger partial charge on any atom is -0.487 e. The first-order chi connectivity index (χ1) is 8.32. The average molecular weight is 263 g/mol. The van der Waals surface area contributed by atoms with Crippen molar-refractivity contribution in [3.63, 3.8) is 0 Å². The van der Waals surface area contributed by atoms with Crippen LogP contribution in [-0.2, 0) is 4.87 Å². The molecule has 3 heteroatoms. The summed E-state index contributed by atoms with van der Waals surface area (Å²) in [7, 11) is 0. The summed E-state index contributed by atoms with van der Waals surface area (Å²) in [5.74, 6) is 2.17. The van der Waals surface area contributed by atoms with Gasteiger partial charge in [-0.25, -0.2) is 0 Å². The van der Waals surface area contributed by atoms with E-state index in [-0.39, 0.29) is 16.0 Å². The number of rotatable bonds is 0. The van der Waals surface area contributed by atoms with Gasteiger partial charge in [0.05, 0.1) is 4.87 Å².